The predicted molar refractivity (Wildman–Crippen MR) is 295 cm³/mol. The van der Waals surface area contributed by atoms with E-state index in [4.69, 9.17) is 4.74 Å². The molecule has 0 N–H and O–H groups in total. The summed E-state index contributed by atoms with van der Waals surface area (Å²) in [6.45, 7) is 0. The summed E-state index contributed by atoms with van der Waals surface area (Å²) >= 11 is 0. The maximum Gasteiger partial charge on any atom is 0.188 e. The molecule has 1 aromatic heterocycles. The number of benzene rings is 11. The lowest BCUT2D eigenvalue weighted by atomic mass is 9.99. The lowest BCUT2D eigenvalue weighted by Gasteiger charge is -2.46. The standard InChI is InChI=1S/C64H44N2OSi2/c1-3-21-46(22-4-1)66-54-28-10-9-26-52(54)64-51(27-18-30-55(64)66)45-37-39-47(40-38-45)65(53-29-17-20-44-19-7-8-25-50(44)53)48-41-42-59-63(43-48)69(60-34-14-11-31-56(60)67-57-32-12-15-35-61(57)69)62-36-16-13-33-58(62)68(59)49-23-5-2-6-24-49/h1-43,68H. The summed E-state index contributed by atoms with van der Waals surface area (Å²) in [6.07, 6.45) is 0. The fraction of sp³-hybridized carbons (Fsp3) is 0. The fourth-order valence-corrected chi connectivity index (χ4v) is 22.4. The number of anilines is 3. The fourth-order valence-electron chi connectivity index (χ4n) is 12.0. The lowest BCUT2D eigenvalue weighted by Crippen LogP contribution is -2.87. The zero-order valence-corrected chi connectivity index (χ0v) is 39.9. The molecule has 0 amide bonds. The molecule has 69 heavy (non-hydrogen) atoms. The van der Waals surface area contributed by atoms with E-state index in [1.165, 1.54) is 80.0 Å². The molecule has 5 heteroatoms. The van der Waals surface area contributed by atoms with E-state index in [2.05, 4.69) is 270 Å². The van der Waals surface area contributed by atoms with E-state index in [0.29, 0.717) is 0 Å². The van der Waals surface area contributed by atoms with Crippen molar-refractivity contribution in [2.45, 2.75) is 0 Å². The molecule has 0 saturated heterocycles. The van der Waals surface area contributed by atoms with Crippen LogP contribution >= 0.6 is 0 Å². The lowest BCUT2D eigenvalue weighted by molar-refractivity contribution is 0.487. The average molecular weight is 913 g/mol. The first-order valence-electron chi connectivity index (χ1n) is 23.9. The van der Waals surface area contributed by atoms with Crippen molar-refractivity contribution in [3.63, 3.8) is 0 Å². The van der Waals surface area contributed by atoms with Gasteiger partial charge in [-0.1, -0.05) is 210 Å². The number of nitrogens with zero attached hydrogens (tertiary/aromatic N) is 2. The average Bonchev–Trinajstić information content (AvgIpc) is 3.76. The van der Waals surface area contributed by atoms with Crippen LogP contribution in [0.1, 0.15) is 0 Å². The predicted octanol–water partition coefficient (Wildman–Crippen LogP) is 11.1. The molecule has 2 aliphatic heterocycles. The van der Waals surface area contributed by atoms with Crippen LogP contribution < -0.4 is 45.9 Å². The highest BCUT2D eigenvalue weighted by Gasteiger charge is 2.54. The molecule has 0 aliphatic carbocycles. The van der Waals surface area contributed by atoms with Crippen LogP contribution in [0.2, 0.25) is 0 Å². The van der Waals surface area contributed by atoms with E-state index in [0.717, 1.165) is 34.2 Å². The van der Waals surface area contributed by atoms with Gasteiger partial charge in [0.2, 0.25) is 0 Å². The van der Waals surface area contributed by atoms with Crippen LogP contribution in [0.25, 0.3) is 49.4 Å². The Bertz CT molecular complexity index is 3910. The van der Waals surface area contributed by atoms with Gasteiger partial charge < -0.3 is 14.2 Å². The maximum absolute atomic E-state index is 6.87. The number of hydrogen-bond donors (Lipinski definition) is 0. The zero-order chi connectivity index (χ0) is 45.5. The highest BCUT2D eigenvalue weighted by Crippen LogP contribution is 2.42. The Labute approximate surface area is 404 Å². The molecule has 0 fully saturated rings. The van der Waals surface area contributed by atoms with Gasteiger partial charge in [0.05, 0.1) is 16.7 Å². The highest BCUT2D eigenvalue weighted by molar-refractivity contribution is 7.27. The van der Waals surface area contributed by atoms with E-state index >= 15 is 0 Å². The number of aromatic nitrogens is 1. The van der Waals surface area contributed by atoms with E-state index in [1.807, 2.05) is 0 Å². The van der Waals surface area contributed by atoms with Gasteiger partial charge in [0, 0.05) is 33.2 Å². The first-order chi connectivity index (χ1) is 34.3. The number of hydrogen-bond acceptors (Lipinski definition) is 2. The van der Waals surface area contributed by atoms with Crippen LogP contribution in [0.3, 0.4) is 0 Å². The van der Waals surface area contributed by atoms with Crippen molar-refractivity contribution in [1.29, 1.82) is 0 Å². The maximum atomic E-state index is 6.87. The second kappa shape index (κ2) is 15.8. The molecule has 1 spiro atoms. The van der Waals surface area contributed by atoms with Gasteiger partial charge in [-0.25, -0.2) is 0 Å². The number of rotatable bonds is 6. The van der Waals surface area contributed by atoms with Crippen molar-refractivity contribution in [1.82, 2.24) is 4.57 Å². The van der Waals surface area contributed by atoms with Crippen molar-refractivity contribution in [3.05, 3.63) is 261 Å². The quantitative estimate of drug-likeness (QED) is 0.155. The van der Waals surface area contributed by atoms with Crippen molar-refractivity contribution < 1.29 is 4.74 Å². The molecule has 1 unspecified atom stereocenters. The van der Waals surface area contributed by atoms with Gasteiger partial charge in [-0.05, 0) is 104 Å². The van der Waals surface area contributed by atoms with Crippen molar-refractivity contribution in [3.8, 4) is 28.3 Å². The first kappa shape index (κ1) is 39.7. The van der Waals surface area contributed by atoms with Crippen molar-refractivity contribution >= 4 is 103 Å². The van der Waals surface area contributed by atoms with E-state index in [9.17, 15) is 0 Å². The second-order valence-electron chi connectivity index (χ2n) is 18.3. The third-order valence-corrected chi connectivity index (χ3v) is 23.6. The Kier molecular flexibility index (Phi) is 9.09. The molecule has 14 rings (SSSR count). The van der Waals surface area contributed by atoms with E-state index < -0.39 is 16.9 Å². The van der Waals surface area contributed by atoms with Gasteiger partial charge in [-0.3, -0.25) is 0 Å². The van der Waals surface area contributed by atoms with Crippen LogP contribution in [-0.2, 0) is 0 Å². The third kappa shape index (κ3) is 5.98. The Morgan fingerprint density at radius 1 is 0.406 bits per heavy atom. The summed E-state index contributed by atoms with van der Waals surface area (Å²) < 4.78 is 9.27. The summed E-state index contributed by atoms with van der Waals surface area (Å²) in [5, 5.41) is 14.9. The molecule has 0 bridgehead atoms. The molecule has 0 radical (unpaired) electrons. The van der Waals surface area contributed by atoms with Gasteiger partial charge in [0.15, 0.2) is 8.07 Å². The van der Waals surface area contributed by atoms with Gasteiger partial charge in [0.25, 0.3) is 0 Å². The topological polar surface area (TPSA) is 17.4 Å². The normalized spacial score (nSPS) is 14.2. The van der Waals surface area contributed by atoms with Crippen LogP contribution in [0, 0.1) is 0 Å². The van der Waals surface area contributed by atoms with Crippen molar-refractivity contribution in [2.24, 2.45) is 0 Å². The number of para-hydroxylation sites is 4. The summed E-state index contributed by atoms with van der Waals surface area (Å²) in [5.74, 6) is 1.91. The highest BCUT2D eigenvalue weighted by atomic mass is 28.3. The van der Waals surface area contributed by atoms with Crippen LogP contribution in [0.5, 0.6) is 11.5 Å². The molecule has 324 valence electrons. The molecule has 3 nitrogen and oxygen atoms in total. The van der Waals surface area contributed by atoms with Crippen LogP contribution in [0.15, 0.2) is 261 Å². The molecular formula is C64H44N2OSi2. The molecular weight excluding hydrogens is 869 g/mol. The minimum atomic E-state index is -3.00. The molecule has 12 aromatic rings. The summed E-state index contributed by atoms with van der Waals surface area (Å²) in [4.78, 5) is 2.51. The van der Waals surface area contributed by atoms with Gasteiger partial charge in [0.1, 0.15) is 20.3 Å². The van der Waals surface area contributed by atoms with Gasteiger partial charge >= 0.3 is 0 Å². The molecule has 3 heterocycles. The summed E-state index contributed by atoms with van der Waals surface area (Å²) in [5.41, 5.74) is 9.34. The summed E-state index contributed by atoms with van der Waals surface area (Å²) in [6, 6.07) is 97.1. The smallest absolute Gasteiger partial charge is 0.188 e. The third-order valence-electron chi connectivity index (χ3n) is 14.8. The first-order valence-corrected chi connectivity index (χ1v) is 27.6. The summed E-state index contributed by atoms with van der Waals surface area (Å²) in [7, 11) is -4.97. The van der Waals surface area contributed by atoms with Gasteiger partial charge in [-0.15, -0.1) is 0 Å². The van der Waals surface area contributed by atoms with Gasteiger partial charge in [-0.2, -0.15) is 0 Å². The Morgan fingerprint density at radius 3 is 1.77 bits per heavy atom. The van der Waals surface area contributed by atoms with Crippen LogP contribution in [-0.4, -0.2) is 21.4 Å². The zero-order valence-electron chi connectivity index (χ0n) is 37.7. The molecule has 2 aliphatic rings. The van der Waals surface area contributed by atoms with E-state index in [-0.39, 0.29) is 0 Å². The molecule has 0 saturated carbocycles. The monoisotopic (exact) mass is 912 g/mol. The largest absolute Gasteiger partial charge is 0.458 e. The molecule has 11 aromatic carbocycles. The Hall–Kier alpha value is -8.49. The molecule has 1 atom stereocenters. The Balaban J connectivity index is 1.01. The van der Waals surface area contributed by atoms with E-state index in [1.54, 1.807) is 0 Å². The van der Waals surface area contributed by atoms with Crippen molar-refractivity contribution in [2.75, 3.05) is 4.90 Å². The minimum Gasteiger partial charge on any atom is -0.458 e. The number of ether oxygens (including phenoxy) is 1. The minimum absolute atomic E-state index is 0.956. The SMILES string of the molecule is c1ccc(-n2c3ccccc3c3c(-c4ccc(N(c5ccc6c(c5)[Si]5(c7ccccc7Oc7ccccc75)c5ccccc5[SiH]6c5ccccc5)c5cccc6ccccc56)cc4)cccc32)cc1. The second-order valence-corrected chi connectivity index (χ2v) is 24.7. The number of fused-ring (bicyclic) bond motifs is 12. The Morgan fingerprint density at radius 2 is 0.986 bits per heavy atom. The van der Waals surface area contributed by atoms with Crippen LogP contribution in [0.4, 0.5) is 17.1 Å².